The van der Waals surface area contributed by atoms with E-state index in [2.05, 4.69) is 15.3 Å². The summed E-state index contributed by atoms with van der Waals surface area (Å²) in [5.74, 6) is 0.438. The number of carbonyl (C=O) groups is 2. The molecule has 0 aliphatic carbocycles. The minimum Gasteiger partial charge on any atom is -0.457 e. The van der Waals surface area contributed by atoms with E-state index in [9.17, 15) is 14.4 Å². The lowest BCUT2D eigenvalue weighted by Crippen LogP contribution is -2.41. The first kappa shape index (κ1) is 24.9. The van der Waals surface area contributed by atoms with Crippen LogP contribution in [0.3, 0.4) is 0 Å². The Morgan fingerprint density at radius 1 is 1.12 bits per heavy atom. The molecule has 9 nitrogen and oxygen atoms in total. The second kappa shape index (κ2) is 11.9. The molecule has 0 fully saturated rings. The molecule has 1 aromatic heterocycles. The molecule has 1 atom stereocenters. The number of rotatable bonds is 11. The lowest BCUT2D eigenvalue weighted by atomic mass is 10.0. The SMILES string of the molecule is CC(C)C[C@H](N)C(=O)NCCCC(=O)OCOc1ccccc1-c1nc2ccccc2c(=O)[nH]1. The highest BCUT2D eigenvalue weighted by molar-refractivity contribution is 5.81. The molecule has 0 aliphatic heterocycles. The summed E-state index contributed by atoms with van der Waals surface area (Å²) in [6, 6.07) is 13.5. The van der Waals surface area contributed by atoms with Crippen LogP contribution < -0.4 is 21.3 Å². The van der Waals surface area contributed by atoms with Gasteiger partial charge in [-0.05, 0) is 43.0 Å². The normalized spacial score (nSPS) is 11.9. The van der Waals surface area contributed by atoms with Crippen molar-refractivity contribution in [3.8, 4) is 17.1 Å². The van der Waals surface area contributed by atoms with Gasteiger partial charge in [0, 0.05) is 13.0 Å². The number of esters is 1. The summed E-state index contributed by atoms with van der Waals surface area (Å²) in [5, 5.41) is 3.23. The Kier molecular flexibility index (Phi) is 8.75. The van der Waals surface area contributed by atoms with Gasteiger partial charge in [-0.1, -0.05) is 38.1 Å². The number of carbonyl (C=O) groups excluding carboxylic acids is 2. The molecule has 0 saturated heterocycles. The lowest BCUT2D eigenvalue weighted by molar-refractivity contribution is -0.150. The van der Waals surface area contributed by atoms with Crippen LogP contribution in [0.25, 0.3) is 22.3 Å². The predicted octanol–water partition coefficient (Wildman–Crippen LogP) is 2.74. The Morgan fingerprint density at radius 3 is 2.65 bits per heavy atom. The maximum absolute atomic E-state index is 12.4. The fourth-order valence-corrected chi connectivity index (χ4v) is 3.42. The van der Waals surface area contributed by atoms with Crippen LogP contribution in [-0.4, -0.2) is 41.2 Å². The minimum atomic E-state index is -0.549. The van der Waals surface area contributed by atoms with Gasteiger partial charge in [0.05, 0.1) is 22.5 Å². The quantitative estimate of drug-likeness (QED) is 0.224. The molecular formula is C25H30N4O5. The van der Waals surface area contributed by atoms with Crippen molar-refractivity contribution in [1.29, 1.82) is 0 Å². The first-order valence-corrected chi connectivity index (χ1v) is 11.3. The van der Waals surface area contributed by atoms with Gasteiger partial charge < -0.3 is 25.5 Å². The van der Waals surface area contributed by atoms with E-state index in [4.69, 9.17) is 15.2 Å². The highest BCUT2D eigenvalue weighted by Crippen LogP contribution is 2.27. The Bertz CT molecular complexity index is 1190. The van der Waals surface area contributed by atoms with Crippen LogP contribution in [-0.2, 0) is 14.3 Å². The van der Waals surface area contributed by atoms with Crippen LogP contribution in [0.2, 0.25) is 0 Å². The summed E-state index contributed by atoms with van der Waals surface area (Å²) >= 11 is 0. The fraction of sp³-hybridized carbons (Fsp3) is 0.360. The third kappa shape index (κ3) is 6.89. The Balaban J connectivity index is 1.49. The Morgan fingerprint density at radius 2 is 1.85 bits per heavy atom. The molecule has 4 N–H and O–H groups in total. The molecule has 180 valence electrons. The number of nitrogens with one attached hydrogen (secondary N) is 2. The summed E-state index contributed by atoms with van der Waals surface area (Å²) in [6.07, 6.45) is 1.16. The Labute approximate surface area is 197 Å². The number of benzene rings is 2. The topological polar surface area (TPSA) is 136 Å². The van der Waals surface area contributed by atoms with Gasteiger partial charge in [0.1, 0.15) is 11.6 Å². The van der Waals surface area contributed by atoms with Crippen molar-refractivity contribution in [2.45, 2.75) is 39.2 Å². The first-order chi connectivity index (χ1) is 16.3. The molecular weight excluding hydrogens is 436 g/mol. The molecule has 3 aromatic rings. The number of ether oxygens (including phenoxy) is 2. The van der Waals surface area contributed by atoms with Gasteiger partial charge in [-0.2, -0.15) is 0 Å². The van der Waals surface area contributed by atoms with E-state index >= 15 is 0 Å². The second-order valence-electron chi connectivity index (χ2n) is 8.34. The van der Waals surface area contributed by atoms with E-state index in [-0.39, 0.29) is 24.7 Å². The second-order valence-corrected chi connectivity index (χ2v) is 8.34. The van der Waals surface area contributed by atoms with Crippen molar-refractivity contribution in [1.82, 2.24) is 15.3 Å². The van der Waals surface area contributed by atoms with Crippen molar-refractivity contribution in [3.63, 3.8) is 0 Å². The number of hydrogen-bond acceptors (Lipinski definition) is 7. The number of H-pyrrole nitrogens is 1. The summed E-state index contributed by atoms with van der Waals surface area (Å²) in [7, 11) is 0. The fourth-order valence-electron chi connectivity index (χ4n) is 3.42. The number of nitrogens with zero attached hydrogens (tertiary/aromatic N) is 1. The van der Waals surface area contributed by atoms with Crippen LogP contribution in [0.5, 0.6) is 5.75 Å². The zero-order valence-corrected chi connectivity index (χ0v) is 19.4. The molecule has 3 rings (SSSR count). The van der Waals surface area contributed by atoms with Crippen LogP contribution >= 0.6 is 0 Å². The highest BCUT2D eigenvalue weighted by Gasteiger charge is 2.15. The summed E-state index contributed by atoms with van der Waals surface area (Å²) in [5.41, 5.74) is 6.72. The van der Waals surface area contributed by atoms with Gasteiger partial charge in [0.15, 0.2) is 0 Å². The molecule has 2 aromatic carbocycles. The number of fused-ring (bicyclic) bond motifs is 1. The number of aromatic nitrogens is 2. The van der Waals surface area contributed by atoms with E-state index in [1.54, 1.807) is 42.5 Å². The monoisotopic (exact) mass is 466 g/mol. The van der Waals surface area contributed by atoms with Crippen LogP contribution in [0.15, 0.2) is 53.3 Å². The molecule has 0 bridgehead atoms. The van der Waals surface area contributed by atoms with Gasteiger partial charge in [0.2, 0.25) is 12.7 Å². The van der Waals surface area contributed by atoms with E-state index < -0.39 is 12.0 Å². The highest BCUT2D eigenvalue weighted by atomic mass is 16.7. The zero-order chi connectivity index (χ0) is 24.5. The average molecular weight is 467 g/mol. The molecule has 1 amide bonds. The van der Waals surface area contributed by atoms with Crippen molar-refractivity contribution in [2.75, 3.05) is 13.3 Å². The molecule has 0 spiro atoms. The van der Waals surface area contributed by atoms with Gasteiger partial charge in [-0.3, -0.25) is 14.4 Å². The molecule has 0 radical (unpaired) electrons. The van der Waals surface area contributed by atoms with Crippen LogP contribution in [0.4, 0.5) is 0 Å². The maximum Gasteiger partial charge on any atom is 0.308 e. The van der Waals surface area contributed by atoms with E-state index in [1.807, 2.05) is 19.9 Å². The van der Waals surface area contributed by atoms with Gasteiger partial charge in [-0.15, -0.1) is 0 Å². The average Bonchev–Trinajstić information content (AvgIpc) is 2.81. The minimum absolute atomic E-state index is 0.129. The van der Waals surface area contributed by atoms with E-state index in [1.165, 1.54) is 0 Å². The zero-order valence-electron chi connectivity index (χ0n) is 19.4. The number of nitrogens with two attached hydrogens (primary N) is 1. The summed E-state index contributed by atoms with van der Waals surface area (Å²) in [4.78, 5) is 43.6. The number of amides is 1. The van der Waals surface area contributed by atoms with E-state index in [0.29, 0.717) is 53.3 Å². The van der Waals surface area contributed by atoms with Gasteiger partial charge >= 0.3 is 5.97 Å². The number of para-hydroxylation sites is 2. The molecule has 0 aliphatic rings. The third-order valence-electron chi connectivity index (χ3n) is 5.11. The van der Waals surface area contributed by atoms with Gasteiger partial charge in [-0.25, -0.2) is 4.98 Å². The lowest BCUT2D eigenvalue weighted by Gasteiger charge is -2.14. The smallest absolute Gasteiger partial charge is 0.308 e. The predicted molar refractivity (Wildman–Crippen MR) is 129 cm³/mol. The molecule has 0 unspecified atom stereocenters. The van der Waals surface area contributed by atoms with E-state index in [0.717, 1.165) is 0 Å². The molecule has 0 saturated carbocycles. The van der Waals surface area contributed by atoms with Gasteiger partial charge in [0.25, 0.3) is 5.56 Å². The van der Waals surface area contributed by atoms with Crippen molar-refractivity contribution in [3.05, 3.63) is 58.9 Å². The maximum atomic E-state index is 12.4. The first-order valence-electron chi connectivity index (χ1n) is 11.3. The van der Waals surface area contributed by atoms with Crippen molar-refractivity contribution < 1.29 is 19.1 Å². The largest absolute Gasteiger partial charge is 0.457 e. The summed E-state index contributed by atoms with van der Waals surface area (Å²) < 4.78 is 10.8. The number of aromatic amines is 1. The van der Waals surface area contributed by atoms with Crippen molar-refractivity contribution >= 4 is 22.8 Å². The molecule has 34 heavy (non-hydrogen) atoms. The molecule has 9 heteroatoms. The Hall–Kier alpha value is -3.72. The standard InChI is InChI=1S/C25H30N4O5/c1-16(2)14-19(26)25(32)27-13-7-12-22(30)34-15-33-21-11-6-4-9-18(21)23-28-20-10-5-3-8-17(20)24(31)29-23/h3-6,8-11,16,19H,7,12-15,26H2,1-2H3,(H,27,32)(H,28,29,31)/t19-/m0/s1. The van der Waals surface area contributed by atoms with Crippen molar-refractivity contribution in [2.24, 2.45) is 11.7 Å². The third-order valence-corrected chi connectivity index (χ3v) is 5.11. The van der Waals surface area contributed by atoms with Crippen LogP contribution in [0.1, 0.15) is 33.1 Å². The number of hydrogen-bond donors (Lipinski definition) is 3. The van der Waals surface area contributed by atoms with Crippen LogP contribution in [0, 0.1) is 5.92 Å². The summed E-state index contributed by atoms with van der Waals surface area (Å²) in [6.45, 7) is 4.05. The molecule has 1 heterocycles.